The first-order chi connectivity index (χ1) is 9.43. The second-order valence-electron chi connectivity index (χ2n) is 4.68. The van der Waals surface area contributed by atoms with E-state index in [1.807, 2.05) is 6.92 Å². The topological polar surface area (TPSA) is 34.9 Å². The molecule has 0 saturated carbocycles. The number of fused-ring (bicyclic) bond motifs is 1. The lowest BCUT2D eigenvalue weighted by Crippen LogP contribution is -2.16. The third-order valence-electron chi connectivity index (χ3n) is 3.02. The van der Waals surface area contributed by atoms with Crippen molar-refractivity contribution in [1.82, 2.24) is 9.55 Å². The van der Waals surface area contributed by atoms with Gasteiger partial charge in [-0.3, -0.25) is 4.21 Å². The number of aryl methyl sites for hydroxylation is 1. The fraction of sp³-hybridized carbons (Fsp3) is 0.462. The molecule has 3 nitrogen and oxygen atoms in total. The molecular weight excluding hydrogens is 306 g/mol. The SMILES string of the molecule is CC(CS(C)=O)n1c(CCCl)nc2c(F)cc(F)cc21. The van der Waals surface area contributed by atoms with Gasteiger partial charge in [-0.05, 0) is 13.0 Å². The summed E-state index contributed by atoms with van der Waals surface area (Å²) in [6.45, 7) is 1.85. The number of hydrogen-bond acceptors (Lipinski definition) is 2. The lowest BCUT2D eigenvalue weighted by molar-refractivity contribution is 0.579. The van der Waals surface area contributed by atoms with Crippen LogP contribution in [0.4, 0.5) is 8.78 Å². The summed E-state index contributed by atoms with van der Waals surface area (Å²) in [6, 6.07) is 1.88. The Morgan fingerprint density at radius 1 is 1.45 bits per heavy atom. The Hall–Kier alpha value is -1.01. The molecule has 1 heterocycles. The Labute approximate surface area is 123 Å². The molecule has 2 atom stereocenters. The van der Waals surface area contributed by atoms with Crippen LogP contribution in [0.15, 0.2) is 12.1 Å². The summed E-state index contributed by atoms with van der Waals surface area (Å²) in [6.07, 6.45) is 2.04. The second-order valence-corrected chi connectivity index (χ2v) is 6.54. The van der Waals surface area contributed by atoms with Crippen molar-refractivity contribution in [3.05, 3.63) is 29.6 Å². The molecule has 0 amide bonds. The Balaban J connectivity index is 2.64. The zero-order valence-corrected chi connectivity index (χ0v) is 12.8. The monoisotopic (exact) mass is 320 g/mol. The van der Waals surface area contributed by atoms with E-state index < -0.39 is 22.4 Å². The van der Waals surface area contributed by atoms with E-state index >= 15 is 0 Å². The number of benzene rings is 1. The highest BCUT2D eigenvalue weighted by atomic mass is 35.5. The minimum absolute atomic E-state index is 0.125. The molecule has 1 aromatic heterocycles. The van der Waals surface area contributed by atoms with Crippen LogP contribution in [-0.4, -0.2) is 31.6 Å². The maximum absolute atomic E-state index is 13.8. The van der Waals surface area contributed by atoms with E-state index in [-0.39, 0.29) is 11.6 Å². The van der Waals surface area contributed by atoms with Crippen molar-refractivity contribution in [2.24, 2.45) is 0 Å². The van der Waals surface area contributed by atoms with Crippen molar-refractivity contribution in [3.63, 3.8) is 0 Å². The molecule has 0 bridgehead atoms. The van der Waals surface area contributed by atoms with Crippen molar-refractivity contribution in [1.29, 1.82) is 0 Å². The molecular formula is C13H15ClF2N2OS. The maximum Gasteiger partial charge on any atom is 0.153 e. The molecule has 0 aliphatic rings. The molecule has 2 aromatic rings. The van der Waals surface area contributed by atoms with Gasteiger partial charge in [0.25, 0.3) is 0 Å². The van der Waals surface area contributed by atoms with E-state index in [2.05, 4.69) is 4.98 Å². The molecule has 0 saturated heterocycles. The van der Waals surface area contributed by atoms with Gasteiger partial charge in [-0.15, -0.1) is 11.6 Å². The summed E-state index contributed by atoms with van der Waals surface area (Å²) in [7, 11) is -1.02. The maximum atomic E-state index is 13.8. The Morgan fingerprint density at radius 3 is 2.75 bits per heavy atom. The van der Waals surface area contributed by atoms with E-state index in [1.54, 1.807) is 10.8 Å². The Kier molecular flexibility index (Phi) is 4.75. The summed E-state index contributed by atoms with van der Waals surface area (Å²) >= 11 is 5.74. The van der Waals surface area contributed by atoms with Crippen molar-refractivity contribution in [2.75, 3.05) is 17.9 Å². The van der Waals surface area contributed by atoms with Crippen LogP contribution < -0.4 is 0 Å². The van der Waals surface area contributed by atoms with Crippen LogP contribution in [0.2, 0.25) is 0 Å². The highest BCUT2D eigenvalue weighted by molar-refractivity contribution is 7.84. The largest absolute Gasteiger partial charge is 0.324 e. The first kappa shape index (κ1) is 15.4. The van der Waals surface area contributed by atoms with E-state index in [4.69, 9.17) is 11.6 Å². The van der Waals surface area contributed by atoms with Crippen LogP contribution in [0.25, 0.3) is 11.0 Å². The number of rotatable bonds is 5. The molecule has 20 heavy (non-hydrogen) atoms. The molecule has 0 radical (unpaired) electrons. The number of aromatic nitrogens is 2. The van der Waals surface area contributed by atoms with Crippen LogP contribution >= 0.6 is 11.6 Å². The molecule has 0 N–H and O–H groups in total. The lowest BCUT2D eigenvalue weighted by Gasteiger charge is -2.16. The Morgan fingerprint density at radius 2 is 2.15 bits per heavy atom. The molecule has 0 aliphatic heterocycles. The molecule has 2 unspecified atom stereocenters. The minimum atomic E-state index is -1.02. The summed E-state index contributed by atoms with van der Waals surface area (Å²) in [4.78, 5) is 4.21. The molecule has 0 fully saturated rings. The van der Waals surface area contributed by atoms with Gasteiger partial charge < -0.3 is 4.57 Å². The molecule has 1 aromatic carbocycles. The van der Waals surface area contributed by atoms with Crippen LogP contribution in [0.5, 0.6) is 0 Å². The van der Waals surface area contributed by atoms with Gasteiger partial charge in [-0.25, -0.2) is 13.8 Å². The summed E-state index contributed by atoms with van der Waals surface area (Å²) in [5.74, 6) is -0.0518. The number of imidazole rings is 1. The smallest absolute Gasteiger partial charge is 0.153 e. The van der Waals surface area contributed by atoms with Crippen LogP contribution in [-0.2, 0) is 17.2 Å². The average molecular weight is 321 g/mol. The van der Waals surface area contributed by atoms with Gasteiger partial charge in [0, 0.05) is 47.2 Å². The fourth-order valence-electron chi connectivity index (χ4n) is 2.34. The van der Waals surface area contributed by atoms with E-state index in [9.17, 15) is 13.0 Å². The number of alkyl halides is 1. The zero-order chi connectivity index (χ0) is 14.9. The van der Waals surface area contributed by atoms with E-state index in [0.29, 0.717) is 29.4 Å². The Bertz CT molecular complexity index is 659. The first-order valence-corrected chi connectivity index (χ1v) is 8.42. The summed E-state index contributed by atoms with van der Waals surface area (Å²) < 4.78 is 40.3. The molecule has 0 aliphatic carbocycles. The van der Waals surface area contributed by atoms with Gasteiger partial charge in [-0.1, -0.05) is 0 Å². The summed E-state index contributed by atoms with van der Waals surface area (Å²) in [5, 5.41) is 0. The van der Waals surface area contributed by atoms with Crippen molar-refractivity contribution in [2.45, 2.75) is 19.4 Å². The minimum Gasteiger partial charge on any atom is -0.324 e. The predicted molar refractivity (Wildman–Crippen MR) is 77.7 cm³/mol. The van der Waals surface area contributed by atoms with Gasteiger partial charge in [-0.2, -0.15) is 0 Å². The van der Waals surface area contributed by atoms with Crippen molar-refractivity contribution < 1.29 is 13.0 Å². The number of nitrogens with zero attached hydrogens (tertiary/aromatic N) is 2. The van der Waals surface area contributed by atoms with Gasteiger partial charge >= 0.3 is 0 Å². The van der Waals surface area contributed by atoms with E-state index in [1.165, 1.54) is 6.07 Å². The van der Waals surface area contributed by atoms with E-state index in [0.717, 1.165) is 6.07 Å². The fourth-order valence-corrected chi connectivity index (χ4v) is 3.33. The average Bonchev–Trinajstić information content (AvgIpc) is 2.67. The highest BCUT2D eigenvalue weighted by Gasteiger charge is 2.19. The molecule has 0 spiro atoms. The lowest BCUT2D eigenvalue weighted by atomic mass is 10.2. The predicted octanol–water partition coefficient (Wildman–Crippen LogP) is 3.04. The van der Waals surface area contributed by atoms with Crippen LogP contribution in [0.3, 0.4) is 0 Å². The zero-order valence-electron chi connectivity index (χ0n) is 11.2. The highest BCUT2D eigenvalue weighted by Crippen LogP contribution is 2.25. The standard InChI is InChI=1S/C13H15ClF2N2OS/c1-8(7-20(2)19)18-11-6-9(15)5-10(16)13(11)17-12(18)3-4-14/h5-6,8H,3-4,7H2,1-2H3. The van der Waals surface area contributed by atoms with Gasteiger partial charge in [0.1, 0.15) is 17.2 Å². The molecule has 110 valence electrons. The molecule has 2 rings (SSSR count). The first-order valence-electron chi connectivity index (χ1n) is 6.16. The van der Waals surface area contributed by atoms with Gasteiger partial charge in [0.15, 0.2) is 5.82 Å². The third kappa shape index (κ3) is 3.01. The second kappa shape index (κ2) is 6.18. The normalized spacial score (nSPS) is 14.7. The van der Waals surface area contributed by atoms with Gasteiger partial charge in [0.2, 0.25) is 0 Å². The third-order valence-corrected chi connectivity index (χ3v) is 4.16. The summed E-state index contributed by atoms with van der Waals surface area (Å²) in [5.41, 5.74) is 0.501. The number of hydrogen-bond donors (Lipinski definition) is 0. The molecule has 7 heteroatoms. The van der Waals surface area contributed by atoms with Crippen LogP contribution in [0, 0.1) is 11.6 Å². The number of halogens is 3. The quantitative estimate of drug-likeness (QED) is 0.794. The van der Waals surface area contributed by atoms with Crippen LogP contribution in [0.1, 0.15) is 18.8 Å². The van der Waals surface area contributed by atoms with Crippen molar-refractivity contribution in [3.8, 4) is 0 Å². The van der Waals surface area contributed by atoms with Gasteiger partial charge in [0.05, 0.1) is 5.52 Å². The van der Waals surface area contributed by atoms with Crippen molar-refractivity contribution >= 4 is 33.4 Å².